The van der Waals surface area contributed by atoms with Crippen molar-refractivity contribution in [2.75, 3.05) is 6.54 Å². The van der Waals surface area contributed by atoms with Crippen LogP contribution in [0.1, 0.15) is 5.56 Å². The molecule has 1 aromatic carbocycles. The number of carbonyl (C=O) groups is 2. The first-order valence-corrected chi connectivity index (χ1v) is 7.36. The average molecular weight is 374 g/mol. The summed E-state index contributed by atoms with van der Waals surface area (Å²) in [5.41, 5.74) is 0.700. The number of aromatic hydroxyl groups is 1. The zero-order valence-electron chi connectivity index (χ0n) is 9.87. The maximum absolute atomic E-state index is 12.0. The normalized spacial score (nSPS) is 17.1. The molecule has 0 unspecified atom stereocenters. The molecule has 1 fully saturated rings. The summed E-state index contributed by atoms with van der Waals surface area (Å²) in [4.78, 5) is 24.1. The number of amides is 1. The van der Waals surface area contributed by atoms with Crippen LogP contribution in [0.3, 0.4) is 0 Å². The van der Waals surface area contributed by atoms with Gasteiger partial charge < -0.3 is 10.2 Å². The second-order valence-electron chi connectivity index (χ2n) is 3.87. The van der Waals surface area contributed by atoms with E-state index in [0.29, 0.717) is 14.9 Å². The highest BCUT2D eigenvalue weighted by Gasteiger charge is 2.33. The lowest BCUT2D eigenvalue weighted by Gasteiger charge is -2.10. The van der Waals surface area contributed by atoms with Crippen LogP contribution >= 0.6 is 39.9 Å². The number of benzene rings is 1. The average Bonchev–Trinajstić information content (AvgIpc) is 2.61. The summed E-state index contributed by atoms with van der Waals surface area (Å²) in [6.45, 7) is -0.443. The molecule has 104 valence electrons. The third-order valence-corrected chi connectivity index (χ3v) is 4.45. The SMILES string of the molecule is O=C(O)CN1C(=O)/C(=C/c2ccc(O)c(Br)c2)SC1=S. The molecule has 1 saturated heterocycles. The third kappa shape index (κ3) is 3.20. The van der Waals surface area contributed by atoms with E-state index in [-0.39, 0.29) is 10.1 Å². The van der Waals surface area contributed by atoms with Crippen molar-refractivity contribution in [2.24, 2.45) is 0 Å². The summed E-state index contributed by atoms with van der Waals surface area (Å²) >= 11 is 9.23. The van der Waals surface area contributed by atoms with Crippen molar-refractivity contribution < 1.29 is 19.8 Å². The smallest absolute Gasteiger partial charge is 0.323 e. The number of aliphatic carboxylic acids is 1. The summed E-state index contributed by atoms with van der Waals surface area (Å²) in [6, 6.07) is 4.79. The first-order chi connectivity index (χ1) is 9.38. The van der Waals surface area contributed by atoms with Crippen LogP contribution in [0.4, 0.5) is 0 Å². The highest BCUT2D eigenvalue weighted by molar-refractivity contribution is 9.10. The van der Waals surface area contributed by atoms with Crippen LogP contribution in [0.2, 0.25) is 0 Å². The molecule has 0 bridgehead atoms. The van der Waals surface area contributed by atoms with Crippen LogP contribution in [-0.2, 0) is 9.59 Å². The van der Waals surface area contributed by atoms with Gasteiger partial charge in [0.05, 0.1) is 9.38 Å². The van der Waals surface area contributed by atoms with Crippen molar-refractivity contribution in [2.45, 2.75) is 0 Å². The Labute approximate surface area is 132 Å². The Balaban J connectivity index is 2.27. The van der Waals surface area contributed by atoms with E-state index in [1.54, 1.807) is 18.2 Å². The number of nitrogens with zero attached hydrogens (tertiary/aromatic N) is 1. The number of carboxylic acids is 1. The molecule has 2 N–H and O–H groups in total. The van der Waals surface area contributed by atoms with Gasteiger partial charge in [-0.2, -0.15) is 0 Å². The molecule has 20 heavy (non-hydrogen) atoms. The molecule has 1 aliphatic heterocycles. The number of halogens is 1. The molecule has 5 nitrogen and oxygen atoms in total. The summed E-state index contributed by atoms with van der Waals surface area (Å²) in [5.74, 6) is -1.44. The quantitative estimate of drug-likeness (QED) is 0.625. The predicted molar refractivity (Wildman–Crippen MR) is 83.3 cm³/mol. The predicted octanol–water partition coefficient (Wildman–Crippen LogP) is 2.44. The number of carboxylic acid groups (broad SMARTS) is 1. The largest absolute Gasteiger partial charge is 0.507 e. The number of thiocarbonyl (C=S) groups is 1. The van der Waals surface area contributed by atoms with Crippen LogP contribution in [-0.4, -0.2) is 37.9 Å². The second kappa shape index (κ2) is 5.94. The van der Waals surface area contributed by atoms with Gasteiger partial charge in [0.15, 0.2) is 0 Å². The Morgan fingerprint density at radius 1 is 1.50 bits per heavy atom. The Hall–Kier alpha value is -1.38. The second-order valence-corrected chi connectivity index (χ2v) is 6.40. The summed E-state index contributed by atoms with van der Waals surface area (Å²) in [5, 5.41) is 18.1. The number of hydrogen-bond donors (Lipinski definition) is 2. The zero-order valence-corrected chi connectivity index (χ0v) is 13.1. The van der Waals surface area contributed by atoms with Crippen LogP contribution in [0, 0.1) is 0 Å². The van der Waals surface area contributed by atoms with Gasteiger partial charge in [0.25, 0.3) is 5.91 Å². The molecule has 1 aliphatic rings. The molecule has 1 aromatic rings. The number of carbonyl (C=O) groups excluding carboxylic acids is 1. The number of hydrogen-bond acceptors (Lipinski definition) is 5. The van der Waals surface area contributed by atoms with Crippen LogP contribution in [0.25, 0.3) is 6.08 Å². The number of phenols is 1. The first-order valence-electron chi connectivity index (χ1n) is 5.34. The molecule has 8 heteroatoms. The van der Waals surface area contributed by atoms with Gasteiger partial charge in [0, 0.05) is 0 Å². The Kier molecular flexibility index (Phi) is 4.46. The fraction of sp³-hybridized carbons (Fsp3) is 0.0833. The molecule has 0 saturated carbocycles. The van der Waals surface area contributed by atoms with E-state index in [0.717, 1.165) is 16.7 Å². The van der Waals surface area contributed by atoms with Crippen molar-refractivity contribution in [3.8, 4) is 5.75 Å². The summed E-state index contributed by atoms with van der Waals surface area (Å²) in [7, 11) is 0. The summed E-state index contributed by atoms with van der Waals surface area (Å²) in [6.07, 6.45) is 1.60. The van der Waals surface area contributed by atoms with Crippen molar-refractivity contribution in [3.05, 3.63) is 33.1 Å². The maximum Gasteiger partial charge on any atom is 0.323 e. The lowest BCUT2D eigenvalue weighted by molar-refractivity contribution is -0.140. The van der Waals surface area contributed by atoms with E-state index >= 15 is 0 Å². The van der Waals surface area contributed by atoms with Crippen LogP contribution in [0.5, 0.6) is 5.75 Å². The minimum Gasteiger partial charge on any atom is -0.507 e. The standard InChI is InChI=1S/C12H8BrNO4S2/c13-7-3-6(1-2-8(7)15)4-9-11(18)14(5-10(16)17)12(19)20-9/h1-4,15H,5H2,(H,16,17)/b9-4-. The van der Waals surface area contributed by atoms with Gasteiger partial charge in [-0.3, -0.25) is 14.5 Å². The Morgan fingerprint density at radius 3 is 2.80 bits per heavy atom. The fourth-order valence-corrected chi connectivity index (χ4v) is 3.19. The molecule has 0 radical (unpaired) electrons. The van der Waals surface area contributed by atoms with E-state index in [1.165, 1.54) is 6.07 Å². The van der Waals surface area contributed by atoms with E-state index in [2.05, 4.69) is 15.9 Å². The minimum absolute atomic E-state index is 0.0978. The van der Waals surface area contributed by atoms with E-state index in [1.807, 2.05) is 0 Å². The van der Waals surface area contributed by atoms with Gasteiger partial charge in [0.2, 0.25) is 0 Å². The lowest BCUT2D eigenvalue weighted by Crippen LogP contribution is -2.33. The summed E-state index contributed by atoms with van der Waals surface area (Å²) < 4.78 is 0.730. The monoisotopic (exact) mass is 373 g/mol. The van der Waals surface area contributed by atoms with Crippen LogP contribution in [0.15, 0.2) is 27.6 Å². The molecule has 2 rings (SSSR count). The fourth-order valence-electron chi connectivity index (χ4n) is 1.54. The molecular formula is C12H8BrNO4S2. The molecule has 0 aromatic heterocycles. The maximum atomic E-state index is 12.0. The van der Waals surface area contributed by atoms with E-state index in [4.69, 9.17) is 17.3 Å². The molecule has 0 aliphatic carbocycles. The molecule has 1 heterocycles. The van der Waals surface area contributed by atoms with Gasteiger partial charge >= 0.3 is 5.97 Å². The zero-order chi connectivity index (χ0) is 14.9. The van der Waals surface area contributed by atoms with Gasteiger partial charge in [-0.1, -0.05) is 30.0 Å². The van der Waals surface area contributed by atoms with E-state index < -0.39 is 18.4 Å². The number of phenolic OH excluding ortho intramolecular Hbond substituents is 1. The van der Waals surface area contributed by atoms with Gasteiger partial charge in [0.1, 0.15) is 16.6 Å². The van der Waals surface area contributed by atoms with Crippen molar-refractivity contribution in [3.63, 3.8) is 0 Å². The van der Waals surface area contributed by atoms with Crippen LogP contribution < -0.4 is 0 Å². The highest BCUT2D eigenvalue weighted by atomic mass is 79.9. The van der Waals surface area contributed by atoms with Gasteiger partial charge in [-0.15, -0.1) is 0 Å². The number of rotatable bonds is 3. The Morgan fingerprint density at radius 2 is 2.20 bits per heavy atom. The molecule has 0 atom stereocenters. The van der Waals surface area contributed by atoms with Gasteiger partial charge in [-0.05, 0) is 39.7 Å². The third-order valence-electron chi connectivity index (χ3n) is 2.44. The van der Waals surface area contributed by atoms with Gasteiger partial charge in [-0.25, -0.2) is 0 Å². The van der Waals surface area contributed by atoms with Crippen molar-refractivity contribution >= 4 is 62.2 Å². The van der Waals surface area contributed by atoms with Crippen molar-refractivity contribution in [1.82, 2.24) is 4.90 Å². The molecule has 0 spiro atoms. The lowest BCUT2D eigenvalue weighted by atomic mass is 10.2. The number of thioether (sulfide) groups is 1. The minimum atomic E-state index is -1.12. The van der Waals surface area contributed by atoms with Crippen molar-refractivity contribution in [1.29, 1.82) is 0 Å². The molecular weight excluding hydrogens is 366 g/mol. The topological polar surface area (TPSA) is 77.8 Å². The molecule has 1 amide bonds. The van der Waals surface area contributed by atoms with E-state index in [9.17, 15) is 14.7 Å². The highest BCUT2D eigenvalue weighted by Crippen LogP contribution is 2.33. The first kappa shape index (κ1) is 15.0. The Bertz CT molecular complexity index is 644.